The quantitative estimate of drug-likeness (QED) is 0.794. The lowest BCUT2D eigenvalue weighted by Gasteiger charge is -2.38. The van der Waals surface area contributed by atoms with Crippen molar-refractivity contribution in [1.82, 2.24) is 19.6 Å². The van der Waals surface area contributed by atoms with E-state index in [2.05, 4.69) is 41.0 Å². The Balaban J connectivity index is 1.38. The predicted molar refractivity (Wildman–Crippen MR) is 107 cm³/mol. The van der Waals surface area contributed by atoms with Crippen molar-refractivity contribution >= 4 is 11.6 Å². The van der Waals surface area contributed by atoms with Crippen LogP contribution in [0.4, 0.5) is 0 Å². The van der Waals surface area contributed by atoms with Gasteiger partial charge in [-0.25, -0.2) is 4.68 Å². The summed E-state index contributed by atoms with van der Waals surface area (Å²) in [6.07, 6.45) is 5.63. The fourth-order valence-corrected chi connectivity index (χ4v) is 4.70. The summed E-state index contributed by atoms with van der Waals surface area (Å²) in [5.41, 5.74) is 3.48. The fourth-order valence-electron chi connectivity index (χ4n) is 4.41. The number of benzene rings is 1. The molecule has 140 valence electrons. The van der Waals surface area contributed by atoms with E-state index in [1.165, 1.54) is 49.9 Å². The van der Waals surface area contributed by atoms with E-state index >= 15 is 0 Å². The Morgan fingerprint density at radius 3 is 2.38 bits per heavy atom. The third-order valence-corrected chi connectivity index (χ3v) is 6.41. The van der Waals surface area contributed by atoms with Gasteiger partial charge in [0.1, 0.15) is 5.15 Å². The van der Waals surface area contributed by atoms with Crippen LogP contribution in [-0.4, -0.2) is 51.8 Å². The van der Waals surface area contributed by atoms with Crippen molar-refractivity contribution in [3.05, 3.63) is 52.3 Å². The van der Waals surface area contributed by atoms with E-state index in [0.29, 0.717) is 0 Å². The van der Waals surface area contributed by atoms with Gasteiger partial charge >= 0.3 is 0 Å². The van der Waals surface area contributed by atoms with Gasteiger partial charge in [0.15, 0.2) is 0 Å². The van der Waals surface area contributed by atoms with Gasteiger partial charge in [0, 0.05) is 44.3 Å². The van der Waals surface area contributed by atoms with Crippen LogP contribution in [0, 0.1) is 6.92 Å². The lowest BCUT2D eigenvalue weighted by atomic mass is 10.1. The lowest BCUT2D eigenvalue weighted by molar-refractivity contribution is 0.0936. The van der Waals surface area contributed by atoms with Crippen LogP contribution < -0.4 is 0 Å². The summed E-state index contributed by atoms with van der Waals surface area (Å²) in [6.45, 7) is 8.39. The molecular weight excluding hydrogens is 344 g/mol. The van der Waals surface area contributed by atoms with E-state index < -0.39 is 0 Å². The molecule has 4 nitrogen and oxygen atoms in total. The number of hydrogen-bond donors (Lipinski definition) is 0. The van der Waals surface area contributed by atoms with Gasteiger partial charge in [0.2, 0.25) is 0 Å². The van der Waals surface area contributed by atoms with Crippen molar-refractivity contribution in [2.24, 2.45) is 0 Å². The standard InChI is InChI=1S/C21H29ClN4/c1-17-20(21(22)26(23-17)15-18-7-3-2-4-8-18)16-24-11-13-25(14-12-24)19-9-5-6-10-19/h2-4,7-8,19H,5-6,9-16H2,1H3. The van der Waals surface area contributed by atoms with Gasteiger partial charge in [-0.05, 0) is 25.3 Å². The second-order valence-electron chi connectivity index (χ2n) is 7.75. The average molecular weight is 373 g/mol. The number of nitrogens with zero attached hydrogens (tertiary/aromatic N) is 4. The van der Waals surface area contributed by atoms with Crippen LogP contribution in [0.1, 0.15) is 42.5 Å². The van der Waals surface area contributed by atoms with Crippen molar-refractivity contribution in [3.8, 4) is 0 Å². The number of halogens is 1. The molecule has 0 N–H and O–H groups in total. The van der Waals surface area contributed by atoms with Gasteiger partial charge in [0.25, 0.3) is 0 Å². The Bertz CT molecular complexity index is 713. The van der Waals surface area contributed by atoms with Crippen molar-refractivity contribution in [2.75, 3.05) is 26.2 Å². The first-order valence-electron chi connectivity index (χ1n) is 9.93. The first-order chi connectivity index (χ1) is 12.7. The highest BCUT2D eigenvalue weighted by Gasteiger charge is 2.27. The molecule has 2 heterocycles. The van der Waals surface area contributed by atoms with Crippen LogP contribution >= 0.6 is 11.6 Å². The Morgan fingerprint density at radius 1 is 1.00 bits per heavy atom. The third-order valence-electron chi connectivity index (χ3n) is 5.99. The highest BCUT2D eigenvalue weighted by atomic mass is 35.5. The molecular formula is C21H29ClN4. The summed E-state index contributed by atoms with van der Waals surface area (Å²) in [5.74, 6) is 0. The minimum absolute atomic E-state index is 0.732. The molecule has 1 aliphatic heterocycles. The van der Waals surface area contributed by atoms with Crippen LogP contribution in [0.2, 0.25) is 5.15 Å². The van der Waals surface area contributed by atoms with Crippen molar-refractivity contribution in [3.63, 3.8) is 0 Å². The van der Waals surface area contributed by atoms with E-state index in [0.717, 1.165) is 43.1 Å². The molecule has 0 bridgehead atoms. The maximum Gasteiger partial charge on any atom is 0.132 e. The third kappa shape index (κ3) is 3.98. The number of aryl methyl sites for hydroxylation is 1. The molecule has 1 aliphatic carbocycles. The molecule has 1 aromatic heterocycles. The van der Waals surface area contributed by atoms with Crippen LogP contribution in [0.15, 0.2) is 30.3 Å². The molecule has 2 fully saturated rings. The molecule has 0 unspecified atom stereocenters. The van der Waals surface area contributed by atoms with E-state index in [1.54, 1.807) is 0 Å². The molecule has 2 aliphatic rings. The monoisotopic (exact) mass is 372 g/mol. The molecule has 1 saturated heterocycles. The zero-order valence-electron chi connectivity index (χ0n) is 15.7. The molecule has 0 atom stereocenters. The van der Waals surface area contributed by atoms with Gasteiger partial charge in [-0.3, -0.25) is 9.80 Å². The second kappa shape index (κ2) is 8.12. The molecule has 0 spiro atoms. The smallest absolute Gasteiger partial charge is 0.132 e. The largest absolute Gasteiger partial charge is 0.298 e. The summed E-state index contributed by atoms with van der Waals surface area (Å²) in [5, 5.41) is 5.49. The van der Waals surface area contributed by atoms with Gasteiger partial charge in [-0.15, -0.1) is 0 Å². The number of aromatic nitrogens is 2. The highest BCUT2D eigenvalue weighted by molar-refractivity contribution is 6.30. The van der Waals surface area contributed by atoms with Crippen molar-refractivity contribution in [2.45, 2.75) is 51.7 Å². The van der Waals surface area contributed by atoms with E-state index in [9.17, 15) is 0 Å². The SMILES string of the molecule is Cc1nn(Cc2ccccc2)c(Cl)c1CN1CCN(C2CCCC2)CC1. The number of piperazine rings is 1. The van der Waals surface area contributed by atoms with Gasteiger partial charge in [0.05, 0.1) is 12.2 Å². The molecule has 5 heteroatoms. The van der Waals surface area contributed by atoms with Crippen LogP contribution in [0.5, 0.6) is 0 Å². The first kappa shape index (κ1) is 18.0. The Labute approximate surface area is 161 Å². The van der Waals surface area contributed by atoms with Gasteiger partial charge in [-0.1, -0.05) is 54.8 Å². The topological polar surface area (TPSA) is 24.3 Å². The normalized spacial score (nSPS) is 20.1. The minimum atomic E-state index is 0.732. The van der Waals surface area contributed by atoms with Crippen LogP contribution in [-0.2, 0) is 13.1 Å². The summed E-state index contributed by atoms with van der Waals surface area (Å²) in [6, 6.07) is 11.2. The maximum absolute atomic E-state index is 6.69. The summed E-state index contributed by atoms with van der Waals surface area (Å²) in [4.78, 5) is 5.24. The van der Waals surface area contributed by atoms with Gasteiger partial charge in [-0.2, -0.15) is 5.10 Å². The number of hydrogen-bond acceptors (Lipinski definition) is 3. The Hall–Kier alpha value is -1.36. The molecule has 26 heavy (non-hydrogen) atoms. The minimum Gasteiger partial charge on any atom is -0.298 e. The van der Waals surface area contributed by atoms with Crippen molar-refractivity contribution in [1.29, 1.82) is 0 Å². The highest BCUT2D eigenvalue weighted by Crippen LogP contribution is 2.26. The lowest BCUT2D eigenvalue weighted by Crippen LogP contribution is -2.49. The fraction of sp³-hybridized carbons (Fsp3) is 0.571. The van der Waals surface area contributed by atoms with Crippen molar-refractivity contribution < 1.29 is 0 Å². The van der Waals surface area contributed by atoms with Crippen LogP contribution in [0.3, 0.4) is 0 Å². The van der Waals surface area contributed by atoms with Crippen LogP contribution in [0.25, 0.3) is 0 Å². The zero-order chi connectivity index (χ0) is 17.9. The molecule has 0 amide bonds. The van der Waals surface area contributed by atoms with E-state index in [-0.39, 0.29) is 0 Å². The Kier molecular flexibility index (Phi) is 5.63. The molecule has 4 rings (SSSR count). The first-order valence-corrected chi connectivity index (χ1v) is 10.3. The zero-order valence-corrected chi connectivity index (χ0v) is 16.5. The van der Waals surface area contributed by atoms with Gasteiger partial charge < -0.3 is 0 Å². The van der Waals surface area contributed by atoms with E-state index in [1.807, 2.05) is 10.7 Å². The Morgan fingerprint density at radius 2 is 1.69 bits per heavy atom. The predicted octanol–water partition coefficient (Wildman–Crippen LogP) is 3.95. The number of rotatable bonds is 5. The summed E-state index contributed by atoms with van der Waals surface area (Å²) >= 11 is 6.69. The summed E-state index contributed by atoms with van der Waals surface area (Å²) < 4.78 is 1.94. The van der Waals surface area contributed by atoms with E-state index in [4.69, 9.17) is 16.7 Å². The molecule has 2 aromatic rings. The summed E-state index contributed by atoms with van der Waals surface area (Å²) in [7, 11) is 0. The molecule has 0 radical (unpaired) electrons. The average Bonchev–Trinajstić information content (AvgIpc) is 3.28. The maximum atomic E-state index is 6.69. The molecule has 1 saturated carbocycles. The molecule has 1 aromatic carbocycles. The second-order valence-corrected chi connectivity index (χ2v) is 8.11.